The second-order valence-corrected chi connectivity index (χ2v) is 6.06. The van der Waals surface area contributed by atoms with Crippen LogP contribution in [0, 0.1) is 11.7 Å². The Hall–Kier alpha value is 0.170. The van der Waals surface area contributed by atoms with Gasteiger partial charge in [-0.05, 0) is 41.4 Å². The van der Waals surface area contributed by atoms with Crippen molar-refractivity contribution in [2.24, 2.45) is 5.92 Å². The molecule has 3 unspecified atom stereocenters. The topological polar surface area (TPSA) is 9.23 Å². The Labute approximate surface area is 118 Å². The highest BCUT2D eigenvalue weighted by atomic mass is 79.9. The fourth-order valence-electron chi connectivity index (χ4n) is 2.06. The van der Waals surface area contributed by atoms with Crippen LogP contribution in [0.3, 0.4) is 0 Å². The zero-order valence-corrected chi connectivity index (χ0v) is 12.3. The highest BCUT2D eigenvalue weighted by molar-refractivity contribution is 9.10. The van der Waals surface area contributed by atoms with E-state index < -0.39 is 5.38 Å². The second-order valence-electron chi connectivity index (χ2n) is 4.33. The maximum absolute atomic E-state index is 13.8. The van der Waals surface area contributed by atoms with Crippen molar-refractivity contribution in [3.8, 4) is 0 Å². The van der Waals surface area contributed by atoms with Gasteiger partial charge in [0.05, 0.1) is 23.1 Å². The van der Waals surface area contributed by atoms with E-state index in [0.29, 0.717) is 21.7 Å². The van der Waals surface area contributed by atoms with Gasteiger partial charge in [0.15, 0.2) is 0 Å². The molecule has 1 heterocycles. The Bertz CT molecular complexity index is 427. The highest BCUT2D eigenvalue weighted by Gasteiger charge is 2.31. The zero-order valence-electron chi connectivity index (χ0n) is 9.22. The van der Waals surface area contributed by atoms with Crippen molar-refractivity contribution < 1.29 is 9.13 Å². The normalized spacial score (nSPS) is 26.2. The van der Waals surface area contributed by atoms with Gasteiger partial charge in [0.2, 0.25) is 0 Å². The monoisotopic (exact) mass is 340 g/mol. The van der Waals surface area contributed by atoms with Gasteiger partial charge in [-0.25, -0.2) is 4.39 Å². The lowest BCUT2D eigenvalue weighted by molar-refractivity contribution is 0.119. The molecule has 94 valence electrons. The van der Waals surface area contributed by atoms with Crippen LogP contribution in [-0.4, -0.2) is 12.7 Å². The molecule has 1 aliphatic rings. The summed E-state index contributed by atoms with van der Waals surface area (Å²) in [6.45, 7) is 2.57. The molecule has 0 N–H and O–H groups in total. The van der Waals surface area contributed by atoms with Gasteiger partial charge in [-0.15, -0.1) is 11.6 Å². The smallest absolute Gasteiger partial charge is 0.129 e. The van der Waals surface area contributed by atoms with Crippen LogP contribution < -0.4 is 0 Å². The summed E-state index contributed by atoms with van der Waals surface area (Å²) in [4.78, 5) is 0. The van der Waals surface area contributed by atoms with Crippen molar-refractivity contribution in [2.45, 2.75) is 24.8 Å². The van der Waals surface area contributed by atoms with Crippen molar-refractivity contribution in [1.29, 1.82) is 0 Å². The molecule has 0 spiro atoms. The van der Waals surface area contributed by atoms with Gasteiger partial charge < -0.3 is 4.74 Å². The van der Waals surface area contributed by atoms with Gasteiger partial charge in [0.1, 0.15) is 5.82 Å². The predicted molar refractivity (Wildman–Crippen MR) is 71.2 cm³/mol. The third-order valence-electron chi connectivity index (χ3n) is 2.98. The van der Waals surface area contributed by atoms with E-state index in [9.17, 15) is 4.39 Å². The average Bonchev–Trinajstić information content (AvgIpc) is 2.69. The molecule has 1 nitrogen and oxygen atoms in total. The van der Waals surface area contributed by atoms with Crippen molar-refractivity contribution >= 4 is 39.1 Å². The molecular weight excluding hydrogens is 330 g/mol. The first-order valence-corrected chi connectivity index (χ1v) is 7.00. The summed E-state index contributed by atoms with van der Waals surface area (Å²) in [5.41, 5.74) is 0.447. The van der Waals surface area contributed by atoms with E-state index in [2.05, 4.69) is 15.9 Å². The first-order valence-electron chi connectivity index (χ1n) is 5.39. The lowest BCUT2D eigenvalue weighted by Crippen LogP contribution is -2.09. The molecule has 1 aromatic rings. The van der Waals surface area contributed by atoms with E-state index in [0.717, 1.165) is 6.42 Å². The van der Waals surface area contributed by atoms with Crippen molar-refractivity contribution in [3.05, 3.63) is 33.0 Å². The summed E-state index contributed by atoms with van der Waals surface area (Å²) in [6, 6.07) is 2.94. The van der Waals surface area contributed by atoms with E-state index >= 15 is 0 Å². The largest absolute Gasteiger partial charge is 0.378 e. The molecule has 0 bridgehead atoms. The predicted octanol–water partition coefficient (Wildman–Crippen LogP) is 4.95. The Kier molecular flexibility index (Phi) is 4.35. The summed E-state index contributed by atoms with van der Waals surface area (Å²) in [6.07, 6.45) is 1.04. The lowest BCUT2D eigenvalue weighted by Gasteiger charge is -2.17. The molecule has 0 radical (unpaired) electrons. The molecule has 0 saturated carbocycles. The molecule has 0 amide bonds. The van der Waals surface area contributed by atoms with Gasteiger partial charge >= 0.3 is 0 Å². The Morgan fingerprint density at radius 3 is 2.82 bits per heavy atom. The summed E-state index contributed by atoms with van der Waals surface area (Å²) in [5, 5.41) is 0.0737. The lowest BCUT2D eigenvalue weighted by atomic mass is 9.96. The Balaban J connectivity index is 2.24. The van der Waals surface area contributed by atoms with Crippen LogP contribution in [0.4, 0.5) is 4.39 Å². The van der Waals surface area contributed by atoms with E-state index in [4.69, 9.17) is 27.9 Å². The van der Waals surface area contributed by atoms with E-state index in [-0.39, 0.29) is 17.8 Å². The molecule has 5 heteroatoms. The molecule has 0 aromatic heterocycles. The summed E-state index contributed by atoms with van der Waals surface area (Å²) >= 11 is 15.5. The molecule has 1 aliphatic heterocycles. The maximum Gasteiger partial charge on any atom is 0.129 e. The van der Waals surface area contributed by atoms with Crippen molar-refractivity contribution in [1.82, 2.24) is 0 Å². The fourth-order valence-corrected chi connectivity index (χ4v) is 2.89. The molecule has 0 aliphatic carbocycles. The second kappa shape index (κ2) is 5.43. The number of halogens is 4. The van der Waals surface area contributed by atoms with Crippen LogP contribution in [0.15, 0.2) is 16.6 Å². The van der Waals surface area contributed by atoms with Crippen LogP contribution >= 0.6 is 39.1 Å². The minimum atomic E-state index is -0.398. The fraction of sp³-hybridized carbons (Fsp3) is 0.500. The minimum Gasteiger partial charge on any atom is -0.378 e. The Morgan fingerprint density at radius 1 is 1.53 bits per heavy atom. The molecule has 3 atom stereocenters. The number of alkyl halides is 1. The quantitative estimate of drug-likeness (QED) is 0.546. The summed E-state index contributed by atoms with van der Waals surface area (Å²) in [5.74, 6) is -0.195. The first-order chi connectivity index (χ1) is 7.99. The number of ether oxygens (including phenoxy) is 1. The minimum absolute atomic E-state index is 0.137. The zero-order chi connectivity index (χ0) is 12.6. The summed E-state index contributed by atoms with van der Waals surface area (Å²) in [7, 11) is 0. The summed E-state index contributed by atoms with van der Waals surface area (Å²) < 4.78 is 19.8. The Morgan fingerprint density at radius 2 is 2.24 bits per heavy atom. The van der Waals surface area contributed by atoms with E-state index in [1.165, 1.54) is 6.07 Å². The highest BCUT2D eigenvalue weighted by Crippen LogP contribution is 2.39. The van der Waals surface area contributed by atoms with Gasteiger partial charge in [-0.3, -0.25) is 0 Å². The van der Waals surface area contributed by atoms with Gasteiger partial charge in [0.25, 0.3) is 0 Å². The van der Waals surface area contributed by atoms with Crippen LogP contribution in [0.2, 0.25) is 5.02 Å². The molecule has 1 saturated heterocycles. The molecule has 2 rings (SSSR count). The average molecular weight is 342 g/mol. The standard InChI is InChI=1S/C12H12BrCl2FO/c1-6-2-7(5-17-6)12(15)8-3-10(14)9(13)4-11(8)16/h3-4,6-7,12H,2,5H2,1H3. The number of benzene rings is 1. The molecular formula is C12H12BrCl2FO. The molecule has 17 heavy (non-hydrogen) atoms. The molecule has 1 aromatic carbocycles. The SMILES string of the molecule is CC1CC(C(Cl)c2cc(Cl)c(Br)cc2F)CO1. The number of hydrogen-bond donors (Lipinski definition) is 0. The number of hydrogen-bond acceptors (Lipinski definition) is 1. The van der Waals surface area contributed by atoms with Crippen LogP contribution in [0.25, 0.3) is 0 Å². The van der Waals surface area contributed by atoms with Crippen molar-refractivity contribution in [2.75, 3.05) is 6.61 Å². The van der Waals surface area contributed by atoms with Gasteiger partial charge in [-0.2, -0.15) is 0 Å². The van der Waals surface area contributed by atoms with E-state index in [1.807, 2.05) is 6.92 Å². The molecule has 1 fully saturated rings. The van der Waals surface area contributed by atoms with Crippen LogP contribution in [0.5, 0.6) is 0 Å². The number of rotatable bonds is 2. The van der Waals surface area contributed by atoms with E-state index in [1.54, 1.807) is 6.07 Å². The first kappa shape index (κ1) is 13.6. The van der Waals surface area contributed by atoms with Gasteiger partial charge in [-0.1, -0.05) is 11.6 Å². The van der Waals surface area contributed by atoms with Crippen LogP contribution in [-0.2, 0) is 4.74 Å². The van der Waals surface area contributed by atoms with Crippen molar-refractivity contribution in [3.63, 3.8) is 0 Å². The van der Waals surface area contributed by atoms with Crippen LogP contribution in [0.1, 0.15) is 24.3 Å². The van der Waals surface area contributed by atoms with Gasteiger partial charge in [0, 0.05) is 16.0 Å². The third kappa shape index (κ3) is 2.95. The maximum atomic E-state index is 13.8. The third-order valence-corrected chi connectivity index (χ3v) is 4.77.